The number of likely N-dealkylation sites (tertiary alicyclic amines) is 1. The summed E-state index contributed by atoms with van der Waals surface area (Å²) in [6.45, 7) is 1.30. The molecule has 1 aliphatic heterocycles. The van der Waals surface area contributed by atoms with Crippen LogP contribution in [0.2, 0.25) is 0 Å². The number of non-ortho nitro benzene ring substituents is 1. The minimum absolute atomic E-state index is 0. The molecular formula is C13H18ClN3O3. The molecule has 7 heteroatoms. The van der Waals surface area contributed by atoms with E-state index in [1.807, 2.05) is 0 Å². The summed E-state index contributed by atoms with van der Waals surface area (Å²) in [5.41, 5.74) is 6.52. The van der Waals surface area contributed by atoms with Crippen LogP contribution in [0, 0.1) is 10.1 Å². The van der Waals surface area contributed by atoms with Gasteiger partial charge in [0.05, 0.1) is 11.3 Å². The molecule has 20 heavy (non-hydrogen) atoms. The molecule has 1 heterocycles. The monoisotopic (exact) mass is 299 g/mol. The van der Waals surface area contributed by atoms with Gasteiger partial charge in [-0.3, -0.25) is 14.9 Å². The molecule has 1 amide bonds. The summed E-state index contributed by atoms with van der Waals surface area (Å²) in [4.78, 5) is 24.1. The Morgan fingerprint density at radius 2 is 2.25 bits per heavy atom. The number of nitro groups is 1. The zero-order valence-corrected chi connectivity index (χ0v) is 11.8. The van der Waals surface area contributed by atoms with Gasteiger partial charge in [0.1, 0.15) is 0 Å². The fourth-order valence-electron chi connectivity index (χ4n) is 2.30. The third kappa shape index (κ3) is 4.18. The molecule has 1 atom stereocenters. The molecule has 6 nitrogen and oxygen atoms in total. The maximum Gasteiger partial charge on any atom is 0.269 e. The van der Waals surface area contributed by atoms with Crippen molar-refractivity contribution in [3.8, 4) is 0 Å². The molecule has 2 rings (SSSR count). The van der Waals surface area contributed by atoms with Gasteiger partial charge in [-0.15, -0.1) is 12.4 Å². The number of hydrogen-bond acceptors (Lipinski definition) is 4. The Hall–Kier alpha value is -1.66. The lowest BCUT2D eigenvalue weighted by atomic mass is 10.0. The van der Waals surface area contributed by atoms with E-state index in [0.717, 1.165) is 19.4 Å². The van der Waals surface area contributed by atoms with Crippen LogP contribution in [0.4, 0.5) is 5.69 Å². The summed E-state index contributed by atoms with van der Waals surface area (Å²) in [6, 6.07) is 6.24. The Labute approximate surface area is 123 Å². The number of nitro benzene ring substituents is 1. The lowest BCUT2D eigenvalue weighted by molar-refractivity contribution is -0.384. The molecule has 110 valence electrons. The summed E-state index contributed by atoms with van der Waals surface area (Å²) in [7, 11) is 0. The van der Waals surface area contributed by atoms with Gasteiger partial charge in [0.25, 0.3) is 5.69 Å². The molecule has 0 saturated carbocycles. The van der Waals surface area contributed by atoms with Gasteiger partial charge in [0, 0.05) is 31.3 Å². The smallest absolute Gasteiger partial charge is 0.269 e. The third-order valence-corrected chi connectivity index (χ3v) is 3.29. The first-order valence-electron chi connectivity index (χ1n) is 6.33. The molecule has 2 N–H and O–H groups in total. The van der Waals surface area contributed by atoms with Crippen LogP contribution < -0.4 is 5.73 Å². The first-order valence-corrected chi connectivity index (χ1v) is 6.33. The fourth-order valence-corrected chi connectivity index (χ4v) is 2.30. The van der Waals surface area contributed by atoms with Crippen molar-refractivity contribution in [2.45, 2.75) is 25.3 Å². The van der Waals surface area contributed by atoms with Crippen molar-refractivity contribution in [3.63, 3.8) is 0 Å². The van der Waals surface area contributed by atoms with Crippen LogP contribution in [0.15, 0.2) is 24.3 Å². The van der Waals surface area contributed by atoms with Gasteiger partial charge < -0.3 is 10.6 Å². The Morgan fingerprint density at radius 1 is 1.50 bits per heavy atom. The van der Waals surface area contributed by atoms with Crippen LogP contribution in [0.3, 0.4) is 0 Å². The molecular weight excluding hydrogens is 282 g/mol. The SMILES string of the molecule is Cl.NC1CCCN(C(=O)Cc2cccc([N+](=O)[O-])c2)C1. The van der Waals surface area contributed by atoms with Crippen molar-refractivity contribution in [2.24, 2.45) is 5.73 Å². The maximum absolute atomic E-state index is 12.1. The number of amides is 1. The lowest BCUT2D eigenvalue weighted by Gasteiger charge is -2.30. The molecule has 0 aromatic heterocycles. The van der Waals surface area contributed by atoms with Crippen LogP contribution in [-0.4, -0.2) is 34.9 Å². The summed E-state index contributed by atoms with van der Waals surface area (Å²) in [5, 5.41) is 10.7. The number of carbonyl (C=O) groups is 1. The van der Waals surface area contributed by atoms with Gasteiger partial charge in [-0.1, -0.05) is 12.1 Å². The molecule has 1 aromatic carbocycles. The van der Waals surface area contributed by atoms with E-state index >= 15 is 0 Å². The van der Waals surface area contributed by atoms with Crippen LogP contribution in [0.1, 0.15) is 18.4 Å². The van der Waals surface area contributed by atoms with Gasteiger partial charge in [-0.05, 0) is 18.4 Å². The van der Waals surface area contributed by atoms with Crippen molar-refractivity contribution < 1.29 is 9.72 Å². The van der Waals surface area contributed by atoms with Crippen molar-refractivity contribution in [1.29, 1.82) is 0 Å². The number of benzene rings is 1. The van der Waals surface area contributed by atoms with E-state index in [2.05, 4.69) is 0 Å². The highest BCUT2D eigenvalue weighted by molar-refractivity contribution is 5.85. The fraction of sp³-hybridized carbons (Fsp3) is 0.462. The Balaban J connectivity index is 0.00000200. The van der Waals surface area contributed by atoms with Crippen molar-refractivity contribution >= 4 is 24.0 Å². The highest BCUT2D eigenvalue weighted by Crippen LogP contribution is 2.15. The van der Waals surface area contributed by atoms with Gasteiger partial charge in [-0.2, -0.15) is 0 Å². The standard InChI is InChI=1S/C13H17N3O3.ClH/c14-11-4-2-6-15(9-11)13(17)8-10-3-1-5-12(7-10)16(18)19;/h1,3,5,7,11H,2,4,6,8-9,14H2;1H. The van der Waals surface area contributed by atoms with E-state index in [9.17, 15) is 14.9 Å². The molecule has 0 radical (unpaired) electrons. The first-order chi connectivity index (χ1) is 9.06. The van der Waals surface area contributed by atoms with Gasteiger partial charge in [-0.25, -0.2) is 0 Å². The second kappa shape index (κ2) is 7.21. The molecule has 1 saturated heterocycles. The van der Waals surface area contributed by atoms with Crippen molar-refractivity contribution in [3.05, 3.63) is 39.9 Å². The van der Waals surface area contributed by atoms with E-state index < -0.39 is 4.92 Å². The summed E-state index contributed by atoms with van der Waals surface area (Å²) < 4.78 is 0. The highest BCUT2D eigenvalue weighted by Gasteiger charge is 2.21. The van der Waals surface area contributed by atoms with Gasteiger partial charge in [0.2, 0.25) is 5.91 Å². The van der Waals surface area contributed by atoms with Gasteiger partial charge >= 0.3 is 0 Å². The molecule has 1 unspecified atom stereocenters. The average Bonchev–Trinajstić information content (AvgIpc) is 2.39. The number of halogens is 1. The molecule has 1 aliphatic rings. The Kier molecular flexibility index (Phi) is 5.91. The van der Waals surface area contributed by atoms with Crippen molar-refractivity contribution in [2.75, 3.05) is 13.1 Å². The zero-order valence-electron chi connectivity index (χ0n) is 11.0. The molecule has 1 fully saturated rings. The number of piperidine rings is 1. The number of rotatable bonds is 3. The van der Waals surface area contributed by atoms with E-state index in [4.69, 9.17) is 5.73 Å². The van der Waals surface area contributed by atoms with E-state index in [1.54, 1.807) is 17.0 Å². The topological polar surface area (TPSA) is 89.5 Å². The molecule has 1 aromatic rings. The minimum Gasteiger partial charge on any atom is -0.341 e. The molecule has 0 spiro atoms. The largest absolute Gasteiger partial charge is 0.341 e. The Morgan fingerprint density at radius 3 is 2.90 bits per heavy atom. The number of carbonyl (C=O) groups excluding carboxylic acids is 1. The minimum atomic E-state index is -0.454. The second-order valence-electron chi connectivity index (χ2n) is 4.85. The van der Waals surface area contributed by atoms with E-state index in [0.29, 0.717) is 12.1 Å². The maximum atomic E-state index is 12.1. The predicted molar refractivity (Wildman–Crippen MR) is 77.8 cm³/mol. The number of hydrogen-bond donors (Lipinski definition) is 1. The van der Waals surface area contributed by atoms with E-state index in [1.165, 1.54) is 12.1 Å². The predicted octanol–water partition coefficient (Wildman–Crippen LogP) is 1.51. The van der Waals surface area contributed by atoms with Gasteiger partial charge in [0.15, 0.2) is 0 Å². The van der Waals surface area contributed by atoms with E-state index in [-0.39, 0.29) is 36.5 Å². The molecule has 0 aliphatic carbocycles. The first kappa shape index (κ1) is 16.4. The molecule has 0 bridgehead atoms. The number of nitrogens with zero attached hydrogens (tertiary/aromatic N) is 2. The second-order valence-corrected chi connectivity index (χ2v) is 4.85. The quantitative estimate of drug-likeness (QED) is 0.676. The third-order valence-electron chi connectivity index (χ3n) is 3.29. The summed E-state index contributed by atoms with van der Waals surface area (Å²) in [6.07, 6.45) is 2.05. The van der Waals surface area contributed by atoms with Crippen LogP contribution in [-0.2, 0) is 11.2 Å². The zero-order chi connectivity index (χ0) is 13.8. The average molecular weight is 300 g/mol. The lowest BCUT2D eigenvalue weighted by Crippen LogP contribution is -2.46. The van der Waals surface area contributed by atoms with Crippen LogP contribution >= 0.6 is 12.4 Å². The van der Waals surface area contributed by atoms with Crippen LogP contribution in [0.5, 0.6) is 0 Å². The van der Waals surface area contributed by atoms with Crippen molar-refractivity contribution in [1.82, 2.24) is 4.90 Å². The normalized spacial score (nSPS) is 18.2. The number of nitrogens with two attached hydrogens (primary N) is 1. The Bertz CT molecular complexity index is 496. The highest BCUT2D eigenvalue weighted by atomic mass is 35.5. The van der Waals surface area contributed by atoms with Crippen LogP contribution in [0.25, 0.3) is 0 Å². The summed E-state index contributed by atoms with van der Waals surface area (Å²) in [5.74, 6) is -0.0179. The summed E-state index contributed by atoms with van der Waals surface area (Å²) >= 11 is 0.